The highest BCUT2D eigenvalue weighted by molar-refractivity contribution is 7.19. The molecule has 0 aliphatic heterocycles. The zero-order valence-electron chi connectivity index (χ0n) is 16.6. The van der Waals surface area contributed by atoms with Gasteiger partial charge in [0.15, 0.2) is 0 Å². The summed E-state index contributed by atoms with van der Waals surface area (Å²) in [6.45, 7) is 11.2. The summed E-state index contributed by atoms with van der Waals surface area (Å²) in [6.07, 6.45) is 1.02. The van der Waals surface area contributed by atoms with Crippen LogP contribution >= 0.6 is 11.3 Å². The van der Waals surface area contributed by atoms with E-state index < -0.39 is 0 Å². The molecular formula is C23H27FN2S. The van der Waals surface area contributed by atoms with Gasteiger partial charge in [0.05, 0.1) is 0 Å². The predicted octanol–water partition coefficient (Wildman–Crippen LogP) is 7.24. The van der Waals surface area contributed by atoms with Crippen LogP contribution < -0.4 is 5.32 Å². The Morgan fingerprint density at radius 2 is 1.52 bits per heavy atom. The number of thiazole rings is 1. The first kappa shape index (κ1) is 19.6. The van der Waals surface area contributed by atoms with Crippen LogP contribution in [0.25, 0.3) is 21.8 Å². The number of benzene rings is 2. The number of nitrogens with zero attached hydrogens (tertiary/aromatic N) is 1. The number of halogens is 1. The van der Waals surface area contributed by atoms with Crippen LogP contribution in [0.3, 0.4) is 0 Å². The van der Waals surface area contributed by atoms with Gasteiger partial charge in [0.2, 0.25) is 0 Å². The average Bonchev–Trinajstić information content (AvgIpc) is 2.97. The van der Waals surface area contributed by atoms with Gasteiger partial charge in [-0.25, -0.2) is 9.37 Å². The van der Waals surface area contributed by atoms with Crippen LogP contribution in [0.15, 0.2) is 54.6 Å². The topological polar surface area (TPSA) is 24.9 Å². The van der Waals surface area contributed by atoms with E-state index in [1.165, 1.54) is 12.1 Å². The van der Waals surface area contributed by atoms with Gasteiger partial charge in [0, 0.05) is 16.7 Å². The third kappa shape index (κ3) is 5.16. The number of nitrogens with one attached hydrogen (secondary N) is 1. The minimum absolute atomic E-state index is 0.0898. The lowest BCUT2D eigenvalue weighted by Crippen LogP contribution is -2.35. The summed E-state index contributed by atoms with van der Waals surface area (Å²) < 4.78 is 13.4. The fraction of sp³-hybridized carbons (Fsp3) is 0.348. The molecule has 1 aromatic heterocycles. The van der Waals surface area contributed by atoms with Gasteiger partial charge in [-0.3, -0.25) is 0 Å². The molecule has 0 aliphatic carbocycles. The molecule has 0 saturated heterocycles. The molecule has 0 spiro atoms. The van der Waals surface area contributed by atoms with Crippen molar-refractivity contribution in [2.45, 2.75) is 46.6 Å². The number of anilines is 1. The standard InChI is InChI=1S/C23H27FN2S/c1-22(2,3)15-23(4,5)26-21-19(16-11-13-18(24)14-12-16)25-20(27-21)17-9-7-6-8-10-17/h6-14,26H,15H2,1-5H3. The van der Waals surface area contributed by atoms with E-state index >= 15 is 0 Å². The van der Waals surface area contributed by atoms with Crippen LogP contribution in [0.5, 0.6) is 0 Å². The Labute approximate surface area is 165 Å². The first-order chi connectivity index (χ1) is 12.6. The lowest BCUT2D eigenvalue weighted by atomic mass is 9.82. The highest BCUT2D eigenvalue weighted by atomic mass is 32.1. The van der Waals surface area contributed by atoms with Crippen LogP contribution in [0.4, 0.5) is 9.39 Å². The third-order valence-electron chi connectivity index (χ3n) is 4.19. The molecule has 27 heavy (non-hydrogen) atoms. The molecular weight excluding hydrogens is 355 g/mol. The average molecular weight is 383 g/mol. The molecule has 0 aliphatic rings. The molecule has 0 atom stereocenters. The van der Waals surface area contributed by atoms with Gasteiger partial charge in [-0.2, -0.15) is 0 Å². The molecule has 2 aromatic carbocycles. The molecule has 0 radical (unpaired) electrons. The van der Waals surface area contributed by atoms with Gasteiger partial charge in [-0.05, 0) is 49.9 Å². The maximum absolute atomic E-state index is 13.4. The van der Waals surface area contributed by atoms with Crippen molar-refractivity contribution in [3.63, 3.8) is 0 Å². The van der Waals surface area contributed by atoms with Gasteiger partial charge in [-0.15, -0.1) is 0 Å². The van der Waals surface area contributed by atoms with E-state index in [0.717, 1.165) is 33.3 Å². The summed E-state index contributed by atoms with van der Waals surface area (Å²) >= 11 is 1.65. The van der Waals surface area contributed by atoms with Crippen molar-refractivity contribution in [2.24, 2.45) is 5.41 Å². The Morgan fingerprint density at radius 1 is 0.889 bits per heavy atom. The molecule has 142 valence electrons. The highest BCUT2D eigenvalue weighted by Crippen LogP contribution is 2.40. The molecule has 0 unspecified atom stereocenters. The first-order valence-corrected chi connectivity index (χ1v) is 10.1. The number of rotatable bonds is 5. The minimum Gasteiger partial charge on any atom is -0.370 e. The summed E-state index contributed by atoms with van der Waals surface area (Å²) in [5, 5.41) is 5.69. The van der Waals surface area contributed by atoms with Crippen molar-refractivity contribution in [1.29, 1.82) is 0 Å². The van der Waals surface area contributed by atoms with Gasteiger partial charge in [-0.1, -0.05) is 62.4 Å². The molecule has 3 rings (SSSR count). The van der Waals surface area contributed by atoms with Gasteiger partial charge < -0.3 is 5.32 Å². The molecule has 0 bridgehead atoms. The van der Waals surface area contributed by atoms with Gasteiger partial charge in [0.1, 0.15) is 21.5 Å². The van der Waals surface area contributed by atoms with Crippen LogP contribution in [0.2, 0.25) is 0 Å². The third-order valence-corrected chi connectivity index (χ3v) is 5.21. The number of hydrogen-bond acceptors (Lipinski definition) is 3. The Bertz CT molecular complexity index is 890. The lowest BCUT2D eigenvalue weighted by Gasteiger charge is -2.33. The van der Waals surface area contributed by atoms with Crippen LogP contribution in [0, 0.1) is 11.2 Å². The van der Waals surface area contributed by atoms with E-state index in [-0.39, 0.29) is 16.8 Å². The van der Waals surface area contributed by atoms with Gasteiger partial charge in [0.25, 0.3) is 0 Å². The van der Waals surface area contributed by atoms with Crippen molar-refractivity contribution in [2.75, 3.05) is 5.32 Å². The minimum atomic E-state index is -0.236. The van der Waals surface area contributed by atoms with Crippen molar-refractivity contribution >= 4 is 16.3 Å². The maximum Gasteiger partial charge on any atom is 0.126 e. The van der Waals surface area contributed by atoms with Crippen molar-refractivity contribution < 1.29 is 4.39 Å². The van der Waals surface area contributed by atoms with E-state index in [2.05, 4.69) is 52.1 Å². The smallest absolute Gasteiger partial charge is 0.126 e. The SMILES string of the molecule is CC(C)(C)CC(C)(C)Nc1sc(-c2ccccc2)nc1-c1ccc(F)cc1. The molecule has 1 heterocycles. The normalized spacial score (nSPS) is 12.2. The van der Waals surface area contributed by atoms with E-state index in [4.69, 9.17) is 4.98 Å². The number of hydrogen-bond donors (Lipinski definition) is 1. The van der Waals surface area contributed by atoms with Crippen molar-refractivity contribution in [3.8, 4) is 21.8 Å². The molecule has 0 fully saturated rings. The largest absolute Gasteiger partial charge is 0.370 e. The summed E-state index contributed by atoms with van der Waals surface area (Å²) in [4.78, 5) is 4.89. The lowest BCUT2D eigenvalue weighted by molar-refractivity contribution is 0.303. The zero-order valence-corrected chi connectivity index (χ0v) is 17.5. The fourth-order valence-electron chi connectivity index (χ4n) is 3.59. The second kappa shape index (κ2) is 7.43. The van der Waals surface area contributed by atoms with Crippen LogP contribution in [-0.2, 0) is 0 Å². The molecule has 0 saturated carbocycles. The monoisotopic (exact) mass is 382 g/mol. The van der Waals surface area contributed by atoms with E-state index in [1.807, 2.05) is 18.2 Å². The molecule has 3 aromatic rings. The summed E-state index contributed by atoms with van der Waals surface area (Å²) in [5.41, 5.74) is 3.00. The van der Waals surface area contributed by atoms with Crippen LogP contribution in [0.1, 0.15) is 41.0 Å². The van der Waals surface area contributed by atoms with E-state index in [0.29, 0.717) is 0 Å². The Kier molecular flexibility index (Phi) is 5.38. The predicted molar refractivity (Wildman–Crippen MR) is 115 cm³/mol. The molecule has 1 N–H and O–H groups in total. The highest BCUT2D eigenvalue weighted by Gasteiger charge is 2.27. The van der Waals surface area contributed by atoms with Crippen molar-refractivity contribution in [3.05, 3.63) is 60.4 Å². The van der Waals surface area contributed by atoms with E-state index in [9.17, 15) is 4.39 Å². The first-order valence-electron chi connectivity index (χ1n) is 9.23. The summed E-state index contributed by atoms with van der Waals surface area (Å²) in [5.74, 6) is -0.236. The second-order valence-corrected chi connectivity index (χ2v) is 9.82. The summed E-state index contributed by atoms with van der Waals surface area (Å²) in [6, 6.07) is 16.7. The number of aromatic nitrogens is 1. The Morgan fingerprint density at radius 3 is 2.11 bits per heavy atom. The van der Waals surface area contributed by atoms with Crippen LogP contribution in [-0.4, -0.2) is 10.5 Å². The quantitative estimate of drug-likeness (QED) is 0.503. The Balaban J connectivity index is 2.02. The van der Waals surface area contributed by atoms with Gasteiger partial charge >= 0.3 is 0 Å². The zero-order chi connectivity index (χ0) is 19.7. The Hall–Kier alpha value is -2.20. The fourth-order valence-corrected chi connectivity index (χ4v) is 4.76. The molecule has 0 amide bonds. The molecule has 4 heteroatoms. The summed E-state index contributed by atoms with van der Waals surface area (Å²) in [7, 11) is 0. The second-order valence-electron chi connectivity index (χ2n) is 8.82. The molecule has 2 nitrogen and oxygen atoms in total. The maximum atomic E-state index is 13.4. The van der Waals surface area contributed by atoms with E-state index in [1.54, 1.807) is 23.5 Å². The van der Waals surface area contributed by atoms with Crippen molar-refractivity contribution in [1.82, 2.24) is 4.98 Å².